The third-order valence-corrected chi connectivity index (χ3v) is 14.1. The maximum Gasteiger partial charge on any atom is 0.135 e. The molecular weight excluding hydrogens is 765 g/mol. The van der Waals surface area contributed by atoms with Crippen LogP contribution in [0.15, 0.2) is 154 Å². The van der Waals surface area contributed by atoms with Crippen LogP contribution in [-0.2, 0) is 15.9 Å². The number of benzene rings is 7. The largest absolute Gasteiger partial charge is 0.456 e. The van der Waals surface area contributed by atoms with Crippen molar-refractivity contribution in [3.63, 3.8) is 0 Å². The summed E-state index contributed by atoms with van der Waals surface area (Å²) in [5.41, 5.74) is 17.0. The fourth-order valence-electron chi connectivity index (χ4n) is 11.1. The lowest BCUT2D eigenvalue weighted by atomic mass is 9.91. The van der Waals surface area contributed by atoms with E-state index in [9.17, 15) is 0 Å². The molecule has 0 amide bonds. The van der Waals surface area contributed by atoms with Gasteiger partial charge in [-0.05, 0) is 151 Å². The molecule has 0 radical (unpaired) electrons. The van der Waals surface area contributed by atoms with Crippen LogP contribution in [0.1, 0.15) is 55.0 Å². The lowest BCUT2D eigenvalue weighted by Crippen LogP contribution is -2.13. The van der Waals surface area contributed by atoms with Crippen molar-refractivity contribution >= 4 is 82.7 Å². The van der Waals surface area contributed by atoms with E-state index < -0.39 is 0 Å². The van der Waals surface area contributed by atoms with Crippen LogP contribution in [0.25, 0.3) is 105 Å². The lowest BCUT2D eigenvalue weighted by Gasteiger charge is -2.20. The van der Waals surface area contributed by atoms with Crippen LogP contribution in [-0.4, -0.2) is 28.5 Å². The Morgan fingerprint density at radius 3 is 1.66 bits per heavy atom. The Kier molecular flexibility index (Phi) is 7.48. The molecule has 300 valence electrons. The second kappa shape index (κ2) is 13.3. The first kappa shape index (κ1) is 34.8. The number of hydrogen-bond acceptors (Lipinski definition) is 4. The highest BCUT2D eigenvalue weighted by Crippen LogP contribution is 2.42. The van der Waals surface area contributed by atoms with Gasteiger partial charge in [-0.15, -0.1) is 0 Å². The van der Waals surface area contributed by atoms with E-state index in [1.54, 1.807) is 0 Å². The van der Waals surface area contributed by atoms with Crippen LogP contribution < -0.4 is 0 Å². The highest BCUT2D eigenvalue weighted by atomic mass is 16.5. The SMILES string of the molecule is C1=C(C2CCCO2)CCc2c1n(-c1ccc3oc4ccc(-c5ccc6oc7ccc(-n8c9ccccc9c9ccc(C%10CCCO%10)cc98)cc7c6c5)cc4c3c1)c1ccccc21. The van der Waals surface area contributed by atoms with Gasteiger partial charge in [-0.25, -0.2) is 0 Å². The van der Waals surface area contributed by atoms with E-state index in [4.69, 9.17) is 18.3 Å². The average molecular weight is 807 g/mol. The van der Waals surface area contributed by atoms with Crippen molar-refractivity contribution in [3.05, 3.63) is 162 Å². The van der Waals surface area contributed by atoms with E-state index in [1.165, 1.54) is 55.1 Å². The molecule has 4 aromatic heterocycles. The first-order chi connectivity index (χ1) is 30.7. The molecule has 6 nitrogen and oxygen atoms in total. The van der Waals surface area contributed by atoms with E-state index in [0.717, 1.165) is 118 Å². The summed E-state index contributed by atoms with van der Waals surface area (Å²) in [7, 11) is 0. The summed E-state index contributed by atoms with van der Waals surface area (Å²) in [5, 5.41) is 8.23. The average Bonchev–Trinajstić information content (AvgIpc) is 4.19. The van der Waals surface area contributed by atoms with Gasteiger partial charge in [0.05, 0.1) is 34.5 Å². The Balaban J connectivity index is 0.888. The molecule has 1 aliphatic carbocycles. The van der Waals surface area contributed by atoms with Crippen LogP contribution in [0.3, 0.4) is 0 Å². The molecule has 2 fully saturated rings. The number of aromatic nitrogens is 2. The third kappa shape index (κ3) is 5.17. The summed E-state index contributed by atoms with van der Waals surface area (Å²) >= 11 is 0. The highest BCUT2D eigenvalue weighted by Gasteiger charge is 2.27. The van der Waals surface area contributed by atoms with Crippen molar-refractivity contribution in [2.24, 2.45) is 0 Å². The normalized spacial score (nSPS) is 18.1. The molecule has 7 aromatic carbocycles. The fourth-order valence-corrected chi connectivity index (χ4v) is 11.1. The number of furan rings is 2. The predicted octanol–water partition coefficient (Wildman–Crippen LogP) is 14.6. The second-order valence-corrected chi connectivity index (χ2v) is 17.6. The van der Waals surface area contributed by atoms with Crippen molar-refractivity contribution in [3.8, 4) is 22.5 Å². The Hall–Kier alpha value is -6.86. The number of hydrogen-bond donors (Lipinski definition) is 0. The van der Waals surface area contributed by atoms with Gasteiger partial charge in [-0.3, -0.25) is 0 Å². The van der Waals surface area contributed by atoms with Crippen LogP contribution in [0, 0.1) is 0 Å². The van der Waals surface area contributed by atoms with E-state index in [-0.39, 0.29) is 12.2 Å². The maximum absolute atomic E-state index is 6.50. The molecule has 3 aliphatic rings. The van der Waals surface area contributed by atoms with Crippen molar-refractivity contribution in [2.75, 3.05) is 13.2 Å². The minimum absolute atomic E-state index is 0.152. The van der Waals surface area contributed by atoms with Gasteiger partial charge in [0.25, 0.3) is 0 Å². The van der Waals surface area contributed by atoms with E-state index in [2.05, 4.69) is 155 Å². The van der Waals surface area contributed by atoms with Gasteiger partial charge in [0.2, 0.25) is 0 Å². The first-order valence-electron chi connectivity index (χ1n) is 22.2. The summed E-state index contributed by atoms with van der Waals surface area (Å²) in [6.45, 7) is 1.69. The Labute approximate surface area is 357 Å². The van der Waals surface area contributed by atoms with Crippen molar-refractivity contribution in [1.82, 2.24) is 9.13 Å². The topological polar surface area (TPSA) is 54.6 Å². The molecule has 2 atom stereocenters. The number of nitrogens with zero attached hydrogens (tertiary/aromatic N) is 2. The van der Waals surface area contributed by atoms with Crippen molar-refractivity contribution in [2.45, 2.75) is 50.7 Å². The summed E-state index contributed by atoms with van der Waals surface area (Å²) in [4.78, 5) is 0. The Bertz CT molecular complexity index is 3670. The molecule has 0 saturated carbocycles. The molecule has 0 N–H and O–H groups in total. The molecule has 2 unspecified atom stereocenters. The Morgan fingerprint density at radius 2 is 1.00 bits per heavy atom. The Morgan fingerprint density at radius 1 is 0.435 bits per heavy atom. The van der Waals surface area contributed by atoms with Gasteiger partial charge in [0.15, 0.2) is 0 Å². The fraction of sp³-hybridized carbons (Fsp3) is 0.179. The van der Waals surface area contributed by atoms with Crippen LogP contribution >= 0.6 is 0 Å². The second-order valence-electron chi connectivity index (χ2n) is 17.6. The minimum Gasteiger partial charge on any atom is -0.456 e. The van der Waals surface area contributed by atoms with Gasteiger partial charge in [0.1, 0.15) is 22.3 Å². The van der Waals surface area contributed by atoms with Gasteiger partial charge < -0.3 is 27.4 Å². The van der Waals surface area contributed by atoms with Gasteiger partial charge in [-0.2, -0.15) is 0 Å². The summed E-state index contributed by atoms with van der Waals surface area (Å²) in [5.74, 6) is 0. The number of ether oxygens (including phenoxy) is 2. The van der Waals surface area contributed by atoms with Crippen molar-refractivity contribution < 1.29 is 18.3 Å². The van der Waals surface area contributed by atoms with Gasteiger partial charge in [-0.1, -0.05) is 60.7 Å². The van der Waals surface area contributed by atoms with Crippen LogP contribution in [0.5, 0.6) is 0 Å². The molecule has 6 heterocycles. The van der Waals surface area contributed by atoms with Crippen LogP contribution in [0.2, 0.25) is 0 Å². The lowest BCUT2D eigenvalue weighted by molar-refractivity contribution is 0.112. The molecule has 0 bridgehead atoms. The molecule has 2 saturated heterocycles. The number of para-hydroxylation sites is 2. The molecule has 11 aromatic rings. The highest BCUT2D eigenvalue weighted by molar-refractivity contribution is 6.12. The standard InChI is InChI=1S/C56H42N2O4/c1-3-9-47-39(7-1)41-19-13-35(51-11-5-25-59-51)29-49(41)57(47)37-17-23-55-45(31-37)43-27-33(15-21-53(43)61-55)34-16-22-54-44(28-34)46-32-38(18-24-56(46)62-54)58-48-10-4-2-8-40(48)42-20-14-36(30-50(42)58)52-12-6-26-60-52/h1-4,7-10,13,15-19,21-24,27-32,51-52H,5-6,11-12,14,20,25-26H2. The molecule has 6 heteroatoms. The van der Waals surface area contributed by atoms with Crippen molar-refractivity contribution in [1.29, 1.82) is 0 Å². The molecular formula is C56H42N2O4. The maximum atomic E-state index is 6.50. The number of rotatable bonds is 5. The summed E-state index contributed by atoms with van der Waals surface area (Å²) in [6, 6.07) is 50.9. The first-order valence-corrected chi connectivity index (χ1v) is 22.2. The van der Waals surface area contributed by atoms with E-state index >= 15 is 0 Å². The smallest absolute Gasteiger partial charge is 0.135 e. The summed E-state index contributed by atoms with van der Waals surface area (Å²) in [6.07, 6.45) is 9.32. The number of fused-ring (bicyclic) bond motifs is 12. The van der Waals surface area contributed by atoms with Gasteiger partial charge in [0, 0.05) is 62.3 Å². The van der Waals surface area contributed by atoms with Gasteiger partial charge >= 0.3 is 0 Å². The quantitative estimate of drug-likeness (QED) is 0.174. The minimum atomic E-state index is 0.152. The zero-order chi connectivity index (χ0) is 40.5. The molecule has 2 aliphatic heterocycles. The third-order valence-electron chi connectivity index (χ3n) is 14.1. The van der Waals surface area contributed by atoms with E-state index in [0.29, 0.717) is 0 Å². The van der Waals surface area contributed by atoms with E-state index in [1.807, 2.05) is 0 Å². The molecule has 0 spiro atoms. The zero-order valence-corrected chi connectivity index (χ0v) is 34.2. The molecule has 62 heavy (non-hydrogen) atoms. The predicted molar refractivity (Wildman–Crippen MR) is 251 cm³/mol. The number of aryl methyl sites for hydroxylation is 1. The molecule has 14 rings (SSSR count). The monoisotopic (exact) mass is 806 g/mol. The summed E-state index contributed by atoms with van der Waals surface area (Å²) < 4.78 is 30.2. The van der Waals surface area contributed by atoms with Crippen LogP contribution in [0.4, 0.5) is 0 Å². The zero-order valence-electron chi connectivity index (χ0n) is 34.2.